The summed E-state index contributed by atoms with van der Waals surface area (Å²) in [5.41, 5.74) is 1.69. The molecule has 0 atom stereocenters. The van der Waals surface area contributed by atoms with Gasteiger partial charge >= 0.3 is 0 Å². The largest absolute Gasteiger partial charge is 0.309 e. The zero-order valence-corrected chi connectivity index (χ0v) is 13.2. The highest BCUT2D eigenvalue weighted by Gasteiger charge is 2.21. The number of nitrogens with one attached hydrogen (secondary N) is 2. The normalized spacial score (nSPS) is 15.6. The summed E-state index contributed by atoms with van der Waals surface area (Å²) >= 11 is 2.91. The van der Waals surface area contributed by atoms with E-state index in [4.69, 9.17) is 0 Å². The summed E-state index contributed by atoms with van der Waals surface area (Å²) in [4.78, 5) is 6.22. The highest BCUT2D eigenvalue weighted by atomic mass is 32.2. The summed E-state index contributed by atoms with van der Waals surface area (Å²) in [5.74, 6) is 0. The molecule has 20 heavy (non-hydrogen) atoms. The van der Waals surface area contributed by atoms with Crippen molar-refractivity contribution in [3.8, 4) is 0 Å². The Bertz CT molecular complexity index is 660. The van der Waals surface area contributed by atoms with Gasteiger partial charge in [0.2, 0.25) is 10.0 Å². The molecule has 0 unspecified atom stereocenters. The average molecular weight is 329 g/mol. The molecule has 1 fully saturated rings. The van der Waals surface area contributed by atoms with Crippen LogP contribution in [0.15, 0.2) is 28.0 Å². The molecular formula is C12H15N3O2S3. The molecule has 0 saturated heterocycles. The molecule has 2 aromatic heterocycles. The van der Waals surface area contributed by atoms with Crippen LogP contribution in [0.2, 0.25) is 0 Å². The van der Waals surface area contributed by atoms with Gasteiger partial charge in [-0.25, -0.2) is 13.1 Å². The monoisotopic (exact) mass is 329 g/mol. The second kappa shape index (κ2) is 5.90. The van der Waals surface area contributed by atoms with Crippen molar-refractivity contribution in [1.29, 1.82) is 0 Å². The molecule has 2 heterocycles. The van der Waals surface area contributed by atoms with Gasteiger partial charge in [0.05, 0.1) is 10.4 Å². The third-order valence-electron chi connectivity index (χ3n) is 3.00. The quantitative estimate of drug-likeness (QED) is 0.814. The fraction of sp³-hybridized carbons (Fsp3) is 0.417. The van der Waals surface area contributed by atoms with E-state index in [1.807, 2.05) is 0 Å². The van der Waals surface area contributed by atoms with Crippen LogP contribution in [0.5, 0.6) is 0 Å². The van der Waals surface area contributed by atoms with Crippen LogP contribution < -0.4 is 10.0 Å². The number of sulfonamides is 1. The fourth-order valence-corrected chi connectivity index (χ4v) is 4.56. The maximum absolute atomic E-state index is 12.2. The van der Waals surface area contributed by atoms with Gasteiger partial charge in [-0.2, -0.15) is 0 Å². The Morgan fingerprint density at radius 2 is 2.10 bits per heavy atom. The fourth-order valence-electron chi connectivity index (χ4n) is 1.71. The first-order valence-electron chi connectivity index (χ1n) is 6.31. The van der Waals surface area contributed by atoms with Gasteiger partial charge in [-0.3, -0.25) is 4.98 Å². The number of thiophene rings is 1. The van der Waals surface area contributed by atoms with Gasteiger partial charge in [0.1, 0.15) is 0 Å². The molecule has 0 amide bonds. The van der Waals surface area contributed by atoms with Gasteiger partial charge in [0, 0.05) is 40.5 Å². The highest BCUT2D eigenvalue weighted by molar-refractivity contribution is 7.89. The highest BCUT2D eigenvalue weighted by Crippen LogP contribution is 2.23. The van der Waals surface area contributed by atoms with E-state index in [-0.39, 0.29) is 0 Å². The van der Waals surface area contributed by atoms with Crippen LogP contribution in [0.1, 0.15) is 22.6 Å². The Labute approximate surface area is 126 Å². The van der Waals surface area contributed by atoms with Gasteiger partial charge in [-0.15, -0.1) is 22.7 Å². The minimum atomic E-state index is -3.43. The number of aromatic nitrogens is 1. The van der Waals surface area contributed by atoms with E-state index < -0.39 is 10.0 Å². The second-order valence-electron chi connectivity index (χ2n) is 4.70. The molecular weight excluding hydrogens is 314 g/mol. The smallest absolute Gasteiger partial charge is 0.241 e. The van der Waals surface area contributed by atoms with E-state index in [1.165, 1.54) is 35.5 Å². The minimum absolute atomic E-state index is 0.290. The van der Waals surface area contributed by atoms with Crippen molar-refractivity contribution in [1.82, 2.24) is 15.0 Å². The molecule has 0 bridgehead atoms. The van der Waals surface area contributed by atoms with Gasteiger partial charge in [0.15, 0.2) is 0 Å². The Hall–Kier alpha value is -0.800. The van der Waals surface area contributed by atoms with Crippen LogP contribution >= 0.6 is 22.7 Å². The first-order valence-corrected chi connectivity index (χ1v) is 9.55. The van der Waals surface area contributed by atoms with Gasteiger partial charge in [-0.05, 0) is 18.9 Å². The zero-order valence-electron chi connectivity index (χ0n) is 10.7. The van der Waals surface area contributed by atoms with E-state index in [0.717, 1.165) is 16.3 Å². The Morgan fingerprint density at radius 3 is 2.80 bits per heavy atom. The predicted molar refractivity (Wildman–Crippen MR) is 80.3 cm³/mol. The van der Waals surface area contributed by atoms with E-state index in [9.17, 15) is 8.42 Å². The van der Waals surface area contributed by atoms with Crippen molar-refractivity contribution in [2.75, 3.05) is 0 Å². The Morgan fingerprint density at radius 1 is 1.25 bits per heavy atom. The lowest BCUT2D eigenvalue weighted by molar-refractivity contribution is 0.582. The van der Waals surface area contributed by atoms with Crippen LogP contribution in [0.4, 0.5) is 0 Å². The first-order chi connectivity index (χ1) is 9.63. The van der Waals surface area contributed by atoms with Crippen molar-refractivity contribution >= 4 is 32.7 Å². The molecule has 2 aromatic rings. The number of rotatable bonds is 7. The standard InChI is InChI=1S/C12H15N3O2S3/c16-20(17,15-6-11-4-13-8-19-11)12-3-10(18-7-12)5-14-9-1-2-9/h3-4,7-9,14-15H,1-2,5-6H2. The number of thiazole rings is 1. The van der Waals surface area contributed by atoms with Crippen LogP contribution in [-0.2, 0) is 23.1 Å². The number of hydrogen-bond acceptors (Lipinski definition) is 6. The van der Waals surface area contributed by atoms with Crippen molar-refractivity contribution < 1.29 is 8.42 Å². The van der Waals surface area contributed by atoms with Crippen LogP contribution in [0.25, 0.3) is 0 Å². The first kappa shape index (κ1) is 14.2. The predicted octanol–water partition coefficient (Wildman–Crippen LogP) is 1.94. The molecule has 1 aliphatic rings. The molecule has 108 valence electrons. The molecule has 0 aliphatic heterocycles. The Balaban J connectivity index is 1.61. The molecule has 3 rings (SSSR count). The lowest BCUT2D eigenvalue weighted by Crippen LogP contribution is -2.22. The van der Waals surface area contributed by atoms with Crippen molar-refractivity contribution in [3.63, 3.8) is 0 Å². The zero-order chi connectivity index (χ0) is 14.0. The summed E-state index contributed by atoms with van der Waals surface area (Å²) in [5, 5.41) is 5.07. The molecule has 0 spiro atoms. The minimum Gasteiger partial charge on any atom is -0.309 e. The summed E-state index contributed by atoms with van der Waals surface area (Å²) in [7, 11) is -3.43. The Kier molecular flexibility index (Phi) is 4.18. The SMILES string of the molecule is O=S(=O)(NCc1cncs1)c1csc(CNC2CC2)c1. The molecule has 5 nitrogen and oxygen atoms in total. The van der Waals surface area contributed by atoms with Gasteiger partial charge < -0.3 is 5.32 Å². The maximum Gasteiger partial charge on any atom is 0.241 e. The lowest BCUT2D eigenvalue weighted by atomic mass is 10.4. The summed E-state index contributed by atoms with van der Waals surface area (Å²) < 4.78 is 26.9. The summed E-state index contributed by atoms with van der Waals surface area (Å²) in [6.45, 7) is 1.04. The topological polar surface area (TPSA) is 71.1 Å². The third kappa shape index (κ3) is 3.64. The van der Waals surface area contributed by atoms with Crippen molar-refractivity contribution in [2.24, 2.45) is 0 Å². The third-order valence-corrected chi connectivity index (χ3v) is 6.25. The van der Waals surface area contributed by atoms with E-state index in [2.05, 4.69) is 15.0 Å². The number of hydrogen-bond donors (Lipinski definition) is 2. The van der Waals surface area contributed by atoms with Gasteiger partial charge in [0.25, 0.3) is 0 Å². The maximum atomic E-state index is 12.2. The molecule has 1 saturated carbocycles. The van der Waals surface area contributed by atoms with E-state index in [0.29, 0.717) is 17.5 Å². The van der Waals surface area contributed by atoms with Crippen molar-refractivity contribution in [3.05, 3.63) is 32.9 Å². The van der Waals surface area contributed by atoms with Crippen LogP contribution in [-0.4, -0.2) is 19.4 Å². The number of nitrogens with zero attached hydrogens (tertiary/aromatic N) is 1. The van der Waals surface area contributed by atoms with E-state index in [1.54, 1.807) is 23.2 Å². The molecule has 8 heteroatoms. The van der Waals surface area contributed by atoms with E-state index >= 15 is 0 Å². The second-order valence-corrected chi connectivity index (χ2v) is 8.43. The summed E-state index contributed by atoms with van der Waals surface area (Å²) in [6, 6.07) is 2.37. The molecule has 2 N–H and O–H groups in total. The lowest BCUT2D eigenvalue weighted by Gasteiger charge is -2.02. The molecule has 1 aliphatic carbocycles. The molecule has 0 aromatic carbocycles. The van der Waals surface area contributed by atoms with Crippen LogP contribution in [0.3, 0.4) is 0 Å². The average Bonchev–Trinajstić information content (AvgIpc) is 2.94. The van der Waals surface area contributed by atoms with Crippen LogP contribution in [0, 0.1) is 0 Å². The van der Waals surface area contributed by atoms with Crippen molar-refractivity contribution in [2.45, 2.75) is 36.9 Å². The molecule has 0 radical (unpaired) electrons. The van der Waals surface area contributed by atoms with Gasteiger partial charge in [-0.1, -0.05) is 0 Å². The summed E-state index contributed by atoms with van der Waals surface area (Å²) in [6.07, 6.45) is 4.13.